The summed E-state index contributed by atoms with van der Waals surface area (Å²) in [4.78, 5) is 17.0. The van der Waals surface area contributed by atoms with Gasteiger partial charge in [0, 0.05) is 30.9 Å². The Morgan fingerprint density at radius 2 is 1.92 bits per heavy atom. The van der Waals surface area contributed by atoms with Crippen molar-refractivity contribution in [2.24, 2.45) is 0 Å². The number of aryl methyl sites for hydroxylation is 2. The lowest BCUT2D eigenvalue weighted by Gasteiger charge is -2.31. The quantitative estimate of drug-likeness (QED) is 0.873. The average Bonchev–Trinajstić information content (AvgIpc) is 3.09. The Bertz CT molecular complexity index is 560. The van der Waals surface area contributed by atoms with Crippen LogP contribution in [0.5, 0.6) is 0 Å². The molecule has 6 nitrogen and oxygen atoms in total. The maximum absolute atomic E-state index is 12.7. The molecular formula is C18H30N4O2. The van der Waals surface area contributed by atoms with Gasteiger partial charge in [-0.05, 0) is 59.0 Å². The van der Waals surface area contributed by atoms with Crippen LogP contribution in [0.15, 0.2) is 0 Å². The lowest BCUT2D eigenvalue weighted by Crippen LogP contribution is -2.43. The summed E-state index contributed by atoms with van der Waals surface area (Å²) in [6.45, 7) is 8.25. The Hall–Kier alpha value is -1.40. The molecule has 3 heterocycles. The minimum Gasteiger partial charge on any atom is -0.388 e. The molecule has 0 aliphatic carbocycles. The Kier molecular flexibility index (Phi) is 5.25. The zero-order valence-electron chi connectivity index (χ0n) is 15.0. The van der Waals surface area contributed by atoms with Crippen LogP contribution >= 0.6 is 0 Å². The van der Waals surface area contributed by atoms with Gasteiger partial charge in [0.05, 0.1) is 17.7 Å². The highest BCUT2D eigenvalue weighted by molar-refractivity contribution is 5.79. The lowest BCUT2D eigenvalue weighted by atomic mass is 9.94. The third kappa shape index (κ3) is 3.98. The molecule has 2 saturated heterocycles. The van der Waals surface area contributed by atoms with E-state index in [1.54, 1.807) is 0 Å². The molecule has 2 fully saturated rings. The molecule has 1 atom stereocenters. The number of nitrogens with zero attached hydrogens (tertiary/aromatic N) is 3. The maximum Gasteiger partial charge on any atom is 0.227 e. The number of aromatic nitrogens is 2. The van der Waals surface area contributed by atoms with Gasteiger partial charge in [0.25, 0.3) is 0 Å². The van der Waals surface area contributed by atoms with Crippen molar-refractivity contribution >= 4 is 5.91 Å². The maximum atomic E-state index is 12.7. The first-order chi connectivity index (χ1) is 11.5. The van der Waals surface area contributed by atoms with Crippen molar-refractivity contribution in [3.05, 3.63) is 17.0 Å². The molecule has 1 amide bonds. The first kappa shape index (κ1) is 17.4. The number of likely N-dealkylation sites (tertiary alicyclic amines) is 2. The third-order valence-electron chi connectivity index (χ3n) is 5.60. The highest BCUT2D eigenvalue weighted by Crippen LogP contribution is 2.25. The predicted molar refractivity (Wildman–Crippen MR) is 92.8 cm³/mol. The van der Waals surface area contributed by atoms with Crippen molar-refractivity contribution in [2.75, 3.05) is 32.7 Å². The van der Waals surface area contributed by atoms with E-state index in [4.69, 9.17) is 0 Å². The number of rotatable bonds is 4. The summed E-state index contributed by atoms with van der Waals surface area (Å²) in [5.74, 6) is 0.146. The summed E-state index contributed by atoms with van der Waals surface area (Å²) in [6.07, 6.45) is 5.22. The van der Waals surface area contributed by atoms with Crippen LogP contribution in [-0.2, 0) is 11.2 Å². The van der Waals surface area contributed by atoms with Gasteiger partial charge in [-0.15, -0.1) is 0 Å². The van der Waals surface area contributed by atoms with Crippen LogP contribution in [-0.4, -0.2) is 69.3 Å². The SMILES string of the molecule is Cc1n[nH]c(C)c1CC(=O)N1CCC[C@](O)(CN2CCCC2)CC1. The molecule has 0 radical (unpaired) electrons. The second-order valence-electron chi connectivity index (χ2n) is 7.53. The number of amides is 1. The zero-order chi connectivity index (χ0) is 17.2. The van der Waals surface area contributed by atoms with E-state index in [1.165, 1.54) is 12.8 Å². The summed E-state index contributed by atoms with van der Waals surface area (Å²) in [5.41, 5.74) is 2.25. The number of carbonyl (C=O) groups is 1. The van der Waals surface area contributed by atoms with E-state index in [0.717, 1.165) is 56.0 Å². The molecule has 0 saturated carbocycles. The number of hydrogen-bond acceptors (Lipinski definition) is 4. The van der Waals surface area contributed by atoms with Crippen LogP contribution in [0, 0.1) is 13.8 Å². The zero-order valence-corrected chi connectivity index (χ0v) is 15.0. The highest BCUT2D eigenvalue weighted by Gasteiger charge is 2.34. The van der Waals surface area contributed by atoms with E-state index >= 15 is 0 Å². The van der Waals surface area contributed by atoms with Crippen LogP contribution in [0.1, 0.15) is 49.1 Å². The molecule has 1 aromatic heterocycles. The number of β-amino-alcohol motifs (C(OH)–C–C–N with tert-alkyl or cyclic N) is 1. The van der Waals surface area contributed by atoms with Crippen LogP contribution in [0.3, 0.4) is 0 Å². The highest BCUT2D eigenvalue weighted by atomic mass is 16.3. The molecule has 2 aliphatic heterocycles. The summed E-state index contributed by atoms with van der Waals surface area (Å²) in [7, 11) is 0. The second kappa shape index (κ2) is 7.23. The largest absolute Gasteiger partial charge is 0.388 e. The van der Waals surface area contributed by atoms with E-state index in [9.17, 15) is 9.90 Å². The van der Waals surface area contributed by atoms with Crippen molar-refractivity contribution in [3.63, 3.8) is 0 Å². The van der Waals surface area contributed by atoms with Crippen molar-refractivity contribution in [1.82, 2.24) is 20.0 Å². The number of hydrogen-bond donors (Lipinski definition) is 2. The standard InChI is InChI=1S/C18H30N4O2/c1-14-16(15(2)20-19-14)12-17(23)22-10-5-6-18(24,7-11-22)13-21-8-3-4-9-21/h24H,3-13H2,1-2H3,(H,19,20)/t18-/m1/s1. The fourth-order valence-corrected chi connectivity index (χ4v) is 4.04. The Morgan fingerprint density at radius 1 is 1.17 bits per heavy atom. The minimum atomic E-state index is -0.638. The molecule has 2 aliphatic rings. The molecule has 0 aromatic carbocycles. The fourth-order valence-electron chi connectivity index (χ4n) is 4.04. The molecule has 6 heteroatoms. The summed E-state index contributed by atoms with van der Waals surface area (Å²) < 4.78 is 0. The molecular weight excluding hydrogens is 304 g/mol. The second-order valence-corrected chi connectivity index (χ2v) is 7.53. The normalized spacial score (nSPS) is 25.9. The van der Waals surface area contributed by atoms with E-state index in [1.807, 2.05) is 18.7 Å². The van der Waals surface area contributed by atoms with Gasteiger partial charge in [-0.25, -0.2) is 0 Å². The van der Waals surface area contributed by atoms with E-state index < -0.39 is 5.60 Å². The Balaban J connectivity index is 1.57. The summed E-state index contributed by atoms with van der Waals surface area (Å²) >= 11 is 0. The number of aliphatic hydroxyl groups is 1. The van der Waals surface area contributed by atoms with E-state index in [2.05, 4.69) is 15.1 Å². The average molecular weight is 334 g/mol. The van der Waals surface area contributed by atoms with Gasteiger partial charge in [0.1, 0.15) is 0 Å². The molecule has 2 N–H and O–H groups in total. The van der Waals surface area contributed by atoms with Crippen LogP contribution in [0.25, 0.3) is 0 Å². The van der Waals surface area contributed by atoms with Gasteiger partial charge < -0.3 is 14.9 Å². The number of H-pyrrole nitrogens is 1. The van der Waals surface area contributed by atoms with Gasteiger partial charge in [-0.2, -0.15) is 5.10 Å². The van der Waals surface area contributed by atoms with Crippen molar-refractivity contribution in [1.29, 1.82) is 0 Å². The number of carbonyl (C=O) groups excluding carboxylic acids is 1. The van der Waals surface area contributed by atoms with Gasteiger partial charge in [0.2, 0.25) is 5.91 Å². The van der Waals surface area contributed by atoms with Gasteiger partial charge in [-0.1, -0.05) is 0 Å². The van der Waals surface area contributed by atoms with Crippen LogP contribution < -0.4 is 0 Å². The minimum absolute atomic E-state index is 0.146. The molecule has 3 rings (SSSR count). The third-order valence-corrected chi connectivity index (χ3v) is 5.60. The Morgan fingerprint density at radius 3 is 2.58 bits per heavy atom. The number of aromatic amines is 1. The van der Waals surface area contributed by atoms with Crippen LogP contribution in [0.2, 0.25) is 0 Å². The van der Waals surface area contributed by atoms with E-state index in [-0.39, 0.29) is 5.91 Å². The van der Waals surface area contributed by atoms with Gasteiger partial charge in [0.15, 0.2) is 0 Å². The summed E-state index contributed by atoms with van der Waals surface area (Å²) in [5, 5.41) is 18.1. The van der Waals surface area contributed by atoms with Gasteiger partial charge >= 0.3 is 0 Å². The lowest BCUT2D eigenvalue weighted by molar-refractivity contribution is -0.130. The molecule has 0 bridgehead atoms. The van der Waals surface area contributed by atoms with E-state index in [0.29, 0.717) is 19.4 Å². The first-order valence-electron chi connectivity index (χ1n) is 9.20. The van der Waals surface area contributed by atoms with Crippen LogP contribution in [0.4, 0.5) is 0 Å². The smallest absolute Gasteiger partial charge is 0.227 e. The molecule has 134 valence electrons. The predicted octanol–water partition coefficient (Wildman–Crippen LogP) is 1.41. The van der Waals surface area contributed by atoms with Gasteiger partial charge in [-0.3, -0.25) is 9.89 Å². The Labute approximate surface area is 144 Å². The molecule has 1 aromatic rings. The van der Waals surface area contributed by atoms with Crippen molar-refractivity contribution in [3.8, 4) is 0 Å². The van der Waals surface area contributed by atoms with Crippen molar-refractivity contribution in [2.45, 2.75) is 58.0 Å². The van der Waals surface area contributed by atoms with Crippen molar-refractivity contribution < 1.29 is 9.90 Å². The topological polar surface area (TPSA) is 72.5 Å². The number of nitrogens with one attached hydrogen (secondary N) is 1. The monoisotopic (exact) mass is 334 g/mol. The summed E-state index contributed by atoms with van der Waals surface area (Å²) in [6, 6.07) is 0. The molecule has 0 unspecified atom stereocenters. The fraction of sp³-hybridized carbons (Fsp3) is 0.778. The molecule has 24 heavy (non-hydrogen) atoms. The first-order valence-corrected chi connectivity index (χ1v) is 9.20. The molecule has 0 spiro atoms.